The van der Waals surface area contributed by atoms with Crippen LogP contribution in [0.4, 0.5) is 17.1 Å². The predicted octanol–water partition coefficient (Wildman–Crippen LogP) is 4.71. The third-order valence-corrected chi connectivity index (χ3v) is 4.52. The lowest BCUT2D eigenvalue weighted by Gasteiger charge is -2.12. The van der Waals surface area contributed by atoms with E-state index in [4.69, 9.17) is 9.47 Å². The first-order chi connectivity index (χ1) is 13.5. The Bertz CT molecular complexity index is 985. The summed E-state index contributed by atoms with van der Waals surface area (Å²) in [6.45, 7) is 3.99. The van der Waals surface area contributed by atoms with Crippen LogP contribution < -0.4 is 20.1 Å². The Hall–Kier alpha value is -3.54. The van der Waals surface area contributed by atoms with E-state index in [1.165, 1.54) is 0 Å². The van der Waals surface area contributed by atoms with E-state index in [1.54, 1.807) is 26.5 Å². The number of hydrogen-bond donors (Lipinski definition) is 2. The van der Waals surface area contributed by atoms with Crippen LogP contribution in [0.15, 0.2) is 54.7 Å². The van der Waals surface area contributed by atoms with Gasteiger partial charge in [-0.25, -0.2) is 4.98 Å². The van der Waals surface area contributed by atoms with E-state index in [9.17, 15) is 4.79 Å². The van der Waals surface area contributed by atoms with Gasteiger partial charge in [0.15, 0.2) is 11.5 Å². The molecule has 1 aromatic heterocycles. The molecule has 0 aliphatic heterocycles. The van der Waals surface area contributed by atoms with Crippen LogP contribution in [0.25, 0.3) is 0 Å². The molecule has 2 N–H and O–H groups in total. The second-order valence-corrected chi connectivity index (χ2v) is 6.33. The van der Waals surface area contributed by atoms with E-state index in [1.807, 2.05) is 56.3 Å². The predicted molar refractivity (Wildman–Crippen MR) is 111 cm³/mol. The molecule has 0 saturated heterocycles. The van der Waals surface area contributed by atoms with Gasteiger partial charge in [0, 0.05) is 17.4 Å². The minimum atomic E-state index is -0.244. The van der Waals surface area contributed by atoms with Crippen LogP contribution in [0.1, 0.15) is 21.6 Å². The fraction of sp³-hybridized carbons (Fsp3) is 0.182. The summed E-state index contributed by atoms with van der Waals surface area (Å²) in [5, 5.41) is 6.14. The van der Waals surface area contributed by atoms with Crippen molar-refractivity contribution in [3.8, 4) is 11.5 Å². The largest absolute Gasteiger partial charge is 0.493 e. The molecule has 6 nitrogen and oxygen atoms in total. The SMILES string of the molecule is COc1ccc(Nc2ccc(C(=O)Nc3cccc(C)c3C)nc2)cc1OC. The molecule has 144 valence electrons. The maximum atomic E-state index is 12.5. The summed E-state index contributed by atoms with van der Waals surface area (Å²) in [7, 11) is 3.18. The van der Waals surface area contributed by atoms with Gasteiger partial charge in [-0.05, 0) is 55.3 Å². The van der Waals surface area contributed by atoms with Crippen molar-refractivity contribution in [2.75, 3.05) is 24.9 Å². The second kappa shape index (κ2) is 8.43. The Morgan fingerprint density at radius 1 is 0.929 bits per heavy atom. The first-order valence-electron chi connectivity index (χ1n) is 8.84. The smallest absolute Gasteiger partial charge is 0.274 e. The quantitative estimate of drug-likeness (QED) is 0.651. The lowest BCUT2D eigenvalue weighted by atomic mass is 10.1. The number of rotatable bonds is 6. The molecule has 3 rings (SSSR count). The number of pyridine rings is 1. The van der Waals surface area contributed by atoms with E-state index in [0.717, 1.165) is 28.2 Å². The normalized spacial score (nSPS) is 10.3. The topological polar surface area (TPSA) is 72.5 Å². The monoisotopic (exact) mass is 377 g/mol. The number of benzene rings is 2. The second-order valence-electron chi connectivity index (χ2n) is 6.33. The van der Waals surface area contributed by atoms with E-state index in [0.29, 0.717) is 17.2 Å². The molecule has 0 aliphatic carbocycles. The number of nitrogens with zero attached hydrogens (tertiary/aromatic N) is 1. The highest BCUT2D eigenvalue weighted by molar-refractivity contribution is 6.03. The summed E-state index contributed by atoms with van der Waals surface area (Å²) in [6.07, 6.45) is 1.62. The van der Waals surface area contributed by atoms with Gasteiger partial charge in [-0.3, -0.25) is 4.79 Å². The summed E-state index contributed by atoms with van der Waals surface area (Å²) >= 11 is 0. The lowest BCUT2D eigenvalue weighted by molar-refractivity contribution is 0.102. The molecule has 1 amide bonds. The maximum absolute atomic E-state index is 12.5. The number of anilines is 3. The van der Waals surface area contributed by atoms with Crippen molar-refractivity contribution in [1.29, 1.82) is 0 Å². The zero-order chi connectivity index (χ0) is 20.1. The highest BCUT2D eigenvalue weighted by Crippen LogP contribution is 2.31. The molecule has 28 heavy (non-hydrogen) atoms. The Labute approximate surface area is 164 Å². The van der Waals surface area contributed by atoms with Gasteiger partial charge in [0.25, 0.3) is 5.91 Å². The fourth-order valence-electron chi connectivity index (χ4n) is 2.76. The number of amides is 1. The van der Waals surface area contributed by atoms with Crippen LogP contribution in [0, 0.1) is 13.8 Å². The molecule has 1 heterocycles. The van der Waals surface area contributed by atoms with Crippen LogP contribution in [0.3, 0.4) is 0 Å². The standard InChI is InChI=1S/C22H23N3O3/c1-14-6-5-7-18(15(14)2)25-22(26)19-10-8-17(13-23-19)24-16-9-11-20(27-3)21(12-16)28-4/h5-13,24H,1-4H3,(H,25,26). The average molecular weight is 377 g/mol. The van der Waals surface area contributed by atoms with Crippen LogP contribution in [-0.2, 0) is 0 Å². The number of carbonyl (C=O) groups excluding carboxylic acids is 1. The molecule has 2 aromatic carbocycles. The van der Waals surface area contributed by atoms with Crippen molar-refractivity contribution < 1.29 is 14.3 Å². The molecular formula is C22H23N3O3. The molecule has 0 aliphatic rings. The number of aromatic nitrogens is 1. The molecule has 6 heteroatoms. The highest BCUT2D eigenvalue weighted by Gasteiger charge is 2.10. The Morgan fingerprint density at radius 2 is 1.68 bits per heavy atom. The molecule has 0 spiro atoms. The van der Waals surface area contributed by atoms with Gasteiger partial charge in [0.05, 0.1) is 26.1 Å². The zero-order valence-corrected chi connectivity index (χ0v) is 16.4. The molecule has 0 atom stereocenters. The number of aryl methyl sites for hydroxylation is 1. The average Bonchev–Trinajstić information content (AvgIpc) is 2.71. The van der Waals surface area contributed by atoms with E-state index in [-0.39, 0.29) is 5.91 Å². The highest BCUT2D eigenvalue weighted by atomic mass is 16.5. The zero-order valence-electron chi connectivity index (χ0n) is 16.4. The number of carbonyl (C=O) groups is 1. The molecule has 3 aromatic rings. The van der Waals surface area contributed by atoms with Crippen molar-refractivity contribution in [1.82, 2.24) is 4.98 Å². The molecular weight excluding hydrogens is 354 g/mol. The van der Waals surface area contributed by atoms with Gasteiger partial charge in [0.2, 0.25) is 0 Å². The van der Waals surface area contributed by atoms with Crippen molar-refractivity contribution in [2.24, 2.45) is 0 Å². The van der Waals surface area contributed by atoms with Crippen LogP contribution >= 0.6 is 0 Å². The third kappa shape index (κ3) is 4.23. The van der Waals surface area contributed by atoms with E-state index >= 15 is 0 Å². The minimum Gasteiger partial charge on any atom is -0.493 e. The van der Waals surface area contributed by atoms with Crippen molar-refractivity contribution in [2.45, 2.75) is 13.8 Å². The van der Waals surface area contributed by atoms with Gasteiger partial charge < -0.3 is 20.1 Å². The Balaban J connectivity index is 1.71. The fourth-order valence-corrected chi connectivity index (χ4v) is 2.76. The van der Waals surface area contributed by atoms with Crippen LogP contribution in [0.2, 0.25) is 0 Å². The van der Waals surface area contributed by atoms with Gasteiger partial charge in [-0.1, -0.05) is 12.1 Å². The van der Waals surface area contributed by atoms with Crippen LogP contribution in [0.5, 0.6) is 11.5 Å². The van der Waals surface area contributed by atoms with E-state index in [2.05, 4.69) is 15.6 Å². The summed E-state index contributed by atoms with van der Waals surface area (Å²) in [6, 6.07) is 14.8. The number of nitrogens with one attached hydrogen (secondary N) is 2. The third-order valence-electron chi connectivity index (χ3n) is 4.52. The molecule has 0 bridgehead atoms. The summed E-state index contributed by atoms with van der Waals surface area (Å²) in [4.78, 5) is 16.7. The number of methoxy groups -OCH3 is 2. The summed E-state index contributed by atoms with van der Waals surface area (Å²) in [5.41, 5.74) is 4.89. The summed E-state index contributed by atoms with van der Waals surface area (Å²) < 4.78 is 10.5. The van der Waals surface area contributed by atoms with Crippen molar-refractivity contribution in [3.05, 3.63) is 71.5 Å². The molecule has 0 radical (unpaired) electrons. The van der Waals surface area contributed by atoms with Crippen molar-refractivity contribution >= 4 is 23.0 Å². The van der Waals surface area contributed by atoms with E-state index < -0.39 is 0 Å². The first kappa shape index (κ1) is 19.2. The van der Waals surface area contributed by atoms with Gasteiger partial charge in [-0.2, -0.15) is 0 Å². The Morgan fingerprint density at radius 3 is 2.36 bits per heavy atom. The van der Waals surface area contributed by atoms with Gasteiger partial charge >= 0.3 is 0 Å². The molecule has 0 fully saturated rings. The first-order valence-corrected chi connectivity index (χ1v) is 8.84. The van der Waals surface area contributed by atoms with Crippen LogP contribution in [-0.4, -0.2) is 25.1 Å². The van der Waals surface area contributed by atoms with Crippen molar-refractivity contribution in [3.63, 3.8) is 0 Å². The number of ether oxygens (including phenoxy) is 2. The van der Waals surface area contributed by atoms with Gasteiger partial charge in [-0.15, -0.1) is 0 Å². The minimum absolute atomic E-state index is 0.244. The summed E-state index contributed by atoms with van der Waals surface area (Å²) in [5.74, 6) is 1.04. The molecule has 0 unspecified atom stereocenters. The van der Waals surface area contributed by atoms with Gasteiger partial charge in [0.1, 0.15) is 5.69 Å². The lowest BCUT2D eigenvalue weighted by Crippen LogP contribution is -2.14. The molecule has 0 saturated carbocycles. The maximum Gasteiger partial charge on any atom is 0.274 e. The Kier molecular flexibility index (Phi) is 5.79. The number of hydrogen-bond acceptors (Lipinski definition) is 5.